The average Bonchev–Trinajstić information content (AvgIpc) is 3.15. The van der Waals surface area contributed by atoms with Crippen LogP contribution in [0.4, 0.5) is 0 Å². The second-order valence-corrected chi connectivity index (χ2v) is 7.35. The molecule has 25 heavy (non-hydrogen) atoms. The summed E-state index contributed by atoms with van der Waals surface area (Å²) in [5.41, 5.74) is 1.18. The number of nitrogens with zero attached hydrogens (tertiary/aromatic N) is 1. The van der Waals surface area contributed by atoms with Gasteiger partial charge in [0.15, 0.2) is 0 Å². The van der Waals surface area contributed by atoms with Crippen LogP contribution in [0.25, 0.3) is 0 Å². The molecule has 134 valence electrons. The van der Waals surface area contributed by atoms with Crippen molar-refractivity contribution in [3.63, 3.8) is 0 Å². The molecule has 0 N–H and O–H groups in total. The van der Waals surface area contributed by atoms with E-state index in [0.717, 1.165) is 25.0 Å². The van der Waals surface area contributed by atoms with Crippen LogP contribution in [-0.4, -0.2) is 43.7 Å². The number of hydrogen-bond acceptors (Lipinski definition) is 4. The minimum atomic E-state index is 0.0575. The maximum absolute atomic E-state index is 12.5. The van der Waals surface area contributed by atoms with Crippen LogP contribution in [0, 0.1) is 0 Å². The number of benzene rings is 1. The lowest BCUT2D eigenvalue weighted by molar-refractivity contribution is -0.138. The highest BCUT2D eigenvalue weighted by molar-refractivity contribution is 7.09. The van der Waals surface area contributed by atoms with E-state index in [1.165, 1.54) is 10.4 Å². The third-order valence-corrected chi connectivity index (χ3v) is 5.42. The summed E-state index contributed by atoms with van der Waals surface area (Å²) in [5, 5.41) is 2.09. The van der Waals surface area contributed by atoms with Gasteiger partial charge >= 0.3 is 0 Å². The Morgan fingerprint density at radius 2 is 2.28 bits per heavy atom. The van der Waals surface area contributed by atoms with Crippen molar-refractivity contribution in [3.05, 3.63) is 52.2 Å². The zero-order valence-electron chi connectivity index (χ0n) is 14.6. The molecule has 1 aromatic heterocycles. The highest BCUT2D eigenvalue weighted by atomic mass is 32.1. The molecule has 2 aromatic rings. The summed E-state index contributed by atoms with van der Waals surface area (Å²) in [6.45, 7) is 1.99. The molecule has 0 saturated carbocycles. The molecule has 2 heterocycles. The molecular weight excluding hydrogens is 334 g/mol. The Morgan fingerprint density at radius 1 is 1.36 bits per heavy atom. The first-order chi connectivity index (χ1) is 12.2. The van der Waals surface area contributed by atoms with E-state index >= 15 is 0 Å². The largest absolute Gasteiger partial charge is 0.497 e. The summed E-state index contributed by atoms with van der Waals surface area (Å²) in [7, 11) is 1.67. The topological polar surface area (TPSA) is 38.8 Å². The van der Waals surface area contributed by atoms with E-state index < -0.39 is 0 Å². The van der Waals surface area contributed by atoms with Crippen molar-refractivity contribution in [2.75, 3.05) is 26.8 Å². The fraction of sp³-hybridized carbons (Fsp3) is 0.450. The Hall–Kier alpha value is -1.85. The molecule has 3 rings (SSSR count). The van der Waals surface area contributed by atoms with Crippen molar-refractivity contribution >= 4 is 17.2 Å². The Labute approximate surface area is 153 Å². The van der Waals surface area contributed by atoms with Crippen LogP contribution in [0.15, 0.2) is 41.8 Å². The molecule has 0 aliphatic carbocycles. The average molecular weight is 359 g/mol. The van der Waals surface area contributed by atoms with Gasteiger partial charge < -0.3 is 14.4 Å². The number of thiophene rings is 1. The lowest BCUT2D eigenvalue weighted by Crippen LogP contribution is -2.46. The number of carbonyl (C=O) groups is 1. The number of morpholine rings is 1. The van der Waals surface area contributed by atoms with Gasteiger partial charge in [-0.1, -0.05) is 18.2 Å². The smallest absolute Gasteiger partial charge is 0.222 e. The Bertz CT molecular complexity index is 671. The molecular formula is C20H25NO3S. The third-order valence-electron chi connectivity index (χ3n) is 4.48. The van der Waals surface area contributed by atoms with Crippen molar-refractivity contribution in [3.8, 4) is 5.75 Å². The quantitative estimate of drug-likeness (QED) is 0.759. The molecule has 1 aliphatic heterocycles. The van der Waals surface area contributed by atoms with Crippen molar-refractivity contribution < 1.29 is 14.3 Å². The van der Waals surface area contributed by atoms with Gasteiger partial charge in [-0.3, -0.25) is 4.79 Å². The van der Waals surface area contributed by atoms with E-state index in [9.17, 15) is 4.79 Å². The number of methoxy groups -OCH3 is 1. The Balaban J connectivity index is 1.47. The molecule has 1 aromatic carbocycles. The SMILES string of the molecule is COc1cccc(CC2CN(C(=O)CCCc3cccs3)CCO2)c1. The minimum Gasteiger partial charge on any atom is -0.497 e. The van der Waals surface area contributed by atoms with Crippen molar-refractivity contribution in [1.82, 2.24) is 4.90 Å². The minimum absolute atomic E-state index is 0.0575. The zero-order valence-corrected chi connectivity index (χ0v) is 15.5. The standard InChI is InChI=1S/C20H25NO3S/c1-23-17-6-2-5-16(13-17)14-18-15-21(10-11-24-18)20(22)9-3-7-19-8-4-12-25-19/h2,4-6,8,12-13,18H,3,7,9-11,14-15H2,1H3. The highest BCUT2D eigenvalue weighted by Gasteiger charge is 2.24. The van der Waals surface area contributed by atoms with Gasteiger partial charge in [0, 0.05) is 30.8 Å². The van der Waals surface area contributed by atoms with E-state index in [1.807, 2.05) is 23.1 Å². The van der Waals surface area contributed by atoms with Crippen LogP contribution < -0.4 is 4.74 Å². The van der Waals surface area contributed by atoms with E-state index in [4.69, 9.17) is 9.47 Å². The zero-order chi connectivity index (χ0) is 17.5. The number of rotatable bonds is 7. The number of hydrogen-bond donors (Lipinski definition) is 0. The normalized spacial score (nSPS) is 17.5. The van der Waals surface area contributed by atoms with E-state index in [1.54, 1.807) is 18.4 Å². The third kappa shape index (κ3) is 5.31. The molecule has 1 atom stereocenters. The van der Waals surface area contributed by atoms with Crippen molar-refractivity contribution in [2.24, 2.45) is 0 Å². The van der Waals surface area contributed by atoms with Gasteiger partial charge in [-0.25, -0.2) is 0 Å². The molecule has 1 amide bonds. The fourth-order valence-electron chi connectivity index (χ4n) is 3.16. The van der Waals surface area contributed by atoms with E-state index in [2.05, 4.69) is 23.6 Å². The predicted octanol–water partition coefficient (Wildman–Crippen LogP) is 3.55. The molecule has 0 spiro atoms. The summed E-state index contributed by atoms with van der Waals surface area (Å²) in [6, 6.07) is 12.2. The maximum atomic E-state index is 12.5. The predicted molar refractivity (Wildman–Crippen MR) is 100 cm³/mol. The van der Waals surface area contributed by atoms with Gasteiger partial charge in [0.05, 0.1) is 19.8 Å². The first-order valence-electron chi connectivity index (χ1n) is 8.79. The Morgan fingerprint density at radius 3 is 3.08 bits per heavy atom. The second kappa shape index (κ2) is 9.02. The lowest BCUT2D eigenvalue weighted by atomic mass is 10.1. The van der Waals surface area contributed by atoms with Gasteiger partial charge in [-0.05, 0) is 42.0 Å². The van der Waals surface area contributed by atoms with Crippen LogP contribution >= 0.6 is 11.3 Å². The van der Waals surface area contributed by atoms with Crippen molar-refractivity contribution in [2.45, 2.75) is 31.8 Å². The summed E-state index contributed by atoms with van der Waals surface area (Å²) >= 11 is 1.76. The molecule has 0 radical (unpaired) electrons. The monoisotopic (exact) mass is 359 g/mol. The van der Waals surface area contributed by atoms with Crippen LogP contribution in [0.1, 0.15) is 23.3 Å². The van der Waals surface area contributed by atoms with Crippen LogP contribution in [0.2, 0.25) is 0 Å². The van der Waals surface area contributed by atoms with Crippen LogP contribution in [-0.2, 0) is 22.4 Å². The van der Waals surface area contributed by atoms with Gasteiger partial charge in [-0.15, -0.1) is 11.3 Å². The highest BCUT2D eigenvalue weighted by Crippen LogP contribution is 2.18. The first kappa shape index (κ1) is 18.0. The van der Waals surface area contributed by atoms with E-state index in [-0.39, 0.29) is 12.0 Å². The van der Waals surface area contributed by atoms with Gasteiger partial charge in [0.25, 0.3) is 0 Å². The number of aryl methyl sites for hydroxylation is 1. The van der Waals surface area contributed by atoms with Crippen LogP contribution in [0.3, 0.4) is 0 Å². The summed E-state index contributed by atoms with van der Waals surface area (Å²) in [6.07, 6.45) is 3.38. The summed E-state index contributed by atoms with van der Waals surface area (Å²) < 4.78 is 11.1. The van der Waals surface area contributed by atoms with Gasteiger partial charge in [-0.2, -0.15) is 0 Å². The first-order valence-corrected chi connectivity index (χ1v) is 9.67. The summed E-state index contributed by atoms with van der Waals surface area (Å²) in [5.74, 6) is 1.10. The molecule has 1 fully saturated rings. The Kier molecular flexibility index (Phi) is 6.48. The second-order valence-electron chi connectivity index (χ2n) is 6.32. The number of ether oxygens (including phenoxy) is 2. The molecule has 4 nitrogen and oxygen atoms in total. The summed E-state index contributed by atoms with van der Waals surface area (Å²) in [4.78, 5) is 15.8. The number of carbonyl (C=O) groups excluding carboxylic acids is 1. The van der Waals surface area contributed by atoms with Gasteiger partial charge in [0.1, 0.15) is 5.75 Å². The molecule has 5 heteroatoms. The lowest BCUT2D eigenvalue weighted by Gasteiger charge is -2.33. The van der Waals surface area contributed by atoms with E-state index in [0.29, 0.717) is 26.1 Å². The maximum Gasteiger partial charge on any atom is 0.222 e. The van der Waals surface area contributed by atoms with Gasteiger partial charge in [0.2, 0.25) is 5.91 Å². The molecule has 1 saturated heterocycles. The van der Waals surface area contributed by atoms with Crippen molar-refractivity contribution in [1.29, 1.82) is 0 Å². The molecule has 1 aliphatic rings. The fourth-order valence-corrected chi connectivity index (χ4v) is 3.91. The molecule has 0 bridgehead atoms. The molecule has 1 unspecified atom stereocenters. The van der Waals surface area contributed by atoms with Crippen LogP contribution in [0.5, 0.6) is 5.75 Å². The number of amides is 1.